The number of imide groups is 1. The van der Waals surface area contributed by atoms with Gasteiger partial charge in [0.15, 0.2) is 18.7 Å². The van der Waals surface area contributed by atoms with Gasteiger partial charge in [-0.2, -0.15) is 0 Å². The van der Waals surface area contributed by atoms with Gasteiger partial charge in [0, 0.05) is 18.1 Å². The number of carbonyl (C=O) groups excluding carboxylic acids is 3. The van der Waals surface area contributed by atoms with Gasteiger partial charge in [-0.3, -0.25) is 19.3 Å². The lowest BCUT2D eigenvalue weighted by atomic mass is 9.94. The van der Waals surface area contributed by atoms with E-state index < -0.39 is 90.9 Å². The fraction of sp³-hybridized carbons (Fsp3) is 0.339. The van der Waals surface area contributed by atoms with Crippen molar-refractivity contribution < 1.29 is 71.2 Å². The SMILES string of the molecule is COc1ccc(O[C@@H]2O[C@H](COCc3ccccc3)[C@@H](O[C@@H](O[C@H]3[C@@H](OC(C)=O)[C@@H]4O[C@H](c5ccccc5)OC[C@H]4O[C@@H]3SC)c3ccc(OC)cc3)[C@H](OCc3ccccc3)[C@H]2N2C(=O)c3cc(Cl)c(Cl)cc3C2=O)cc1. The standard InChI is InChI=1S/C59H57Cl2NO15S/c1-34(63)71-52-50-47(33-70-56(75-50)37-18-12-7-13-19-37)74-59(78-4)53(52)77-57(38-20-22-39(66-2)23-21-38)76-49-46(32-68-30-35-14-8-5-9-15-35)73-58(72-41-26-24-40(67-3)25-27-41)48(51(49)69-31-36-16-10-6-11-17-36)62-54(64)42-28-44(60)45(61)29-43(42)55(62)65/h5-29,46-53,56-59H,30-33H2,1-4H3/t46-,47-,48-,49-,50-,51-,52+,53+,56-,57+,58-,59-/m1/s1. The van der Waals surface area contributed by atoms with Gasteiger partial charge < -0.3 is 56.8 Å². The van der Waals surface area contributed by atoms with Gasteiger partial charge >= 0.3 is 5.97 Å². The molecule has 0 aromatic heterocycles. The van der Waals surface area contributed by atoms with Crippen LogP contribution in [0.3, 0.4) is 0 Å². The molecular formula is C59H57Cl2NO15S. The number of nitrogens with zero attached hydrogens (tertiary/aromatic N) is 1. The first-order chi connectivity index (χ1) is 38.0. The molecule has 0 saturated carbocycles. The Morgan fingerprint density at radius 1 is 0.679 bits per heavy atom. The largest absolute Gasteiger partial charge is 0.497 e. The number of rotatable bonds is 20. The summed E-state index contributed by atoms with van der Waals surface area (Å²) in [7, 11) is 3.10. The van der Waals surface area contributed by atoms with Gasteiger partial charge in [0.25, 0.3) is 11.8 Å². The van der Waals surface area contributed by atoms with Crippen LogP contribution in [0.4, 0.5) is 0 Å². The average molecular weight is 1120 g/mol. The van der Waals surface area contributed by atoms with Gasteiger partial charge in [-0.05, 0) is 65.9 Å². The summed E-state index contributed by atoms with van der Waals surface area (Å²) in [6.07, 6.45) is -9.07. The molecule has 78 heavy (non-hydrogen) atoms. The molecule has 0 radical (unpaired) electrons. The van der Waals surface area contributed by atoms with Gasteiger partial charge in [-0.25, -0.2) is 0 Å². The Labute approximate surface area is 465 Å². The summed E-state index contributed by atoms with van der Waals surface area (Å²) in [6.45, 7) is 1.46. The van der Waals surface area contributed by atoms with Crippen molar-refractivity contribution >= 4 is 52.7 Å². The maximum absolute atomic E-state index is 15.0. The molecule has 19 heteroatoms. The number of halogens is 2. The van der Waals surface area contributed by atoms with E-state index in [-0.39, 0.29) is 47.6 Å². The third kappa shape index (κ3) is 12.4. The lowest BCUT2D eigenvalue weighted by Gasteiger charge is -2.50. The molecule has 6 aromatic rings. The molecule has 0 spiro atoms. The predicted molar refractivity (Wildman–Crippen MR) is 287 cm³/mol. The summed E-state index contributed by atoms with van der Waals surface area (Å²) in [4.78, 5) is 44.3. The van der Waals surface area contributed by atoms with E-state index in [1.165, 1.54) is 30.8 Å². The van der Waals surface area contributed by atoms with Crippen LogP contribution in [0, 0.1) is 0 Å². The molecule has 0 aliphatic carbocycles. The lowest BCUT2D eigenvalue weighted by molar-refractivity contribution is -0.349. The van der Waals surface area contributed by atoms with Crippen LogP contribution in [0.5, 0.6) is 17.2 Å². The number of carbonyl (C=O) groups is 3. The lowest BCUT2D eigenvalue weighted by Crippen LogP contribution is -2.68. The van der Waals surface area contributed by atoms with Gasteiger partial charge in [0.1, 0.15) is 65.4 Å². The maximum atomic E-state index is 15.0. The van der Waals surface area contributed by atoms with E-state index in [0.29, 0.717) is 22.8 Å². The van der Waals surface area contributed by atoms with Gasteiger partial charge in [-0.15, -0.1) is 11.8 Å². The molecule has 10 rings (SSSR count). The van der Waals surface area contributed by atoms with Gasteiger partial charge in [0.2, 0.25) is 6.29 Å². The van der Waals surface area contributed by atoms with Crippen molar-refractivity contribution in [1.29, 1.82) is 0 Å². The summed E-state index contributed by atoms with van der Waals surface area (Å²) in [5, 5.41) is 0.154. The molecule has 3 saturated heterocycles. The van der Waals surface area contributed by atoms with E-state index in [0.717, 1.165) is 21.6 Å². The van der Waals surface area contributed by atoms with Crippen molar-refractivity contribution in [2.24, 2.45) is 0 Å². The molecule has 16 nitrogen and oxygen atoms in total. The van der Waals surface area contributed by atoms with Crippen molar-refractivity contribution in [3.8, 4) is 17.2 Å². The molecule has 4 aliphatic rings. The van der Waals surface area contributed by atoms with Crippen LogP contribution in [0.2, 0.25) is 10.0 Å². The monoisotopic (exact) mass is 1120 g/mol. The number of methoxy groups -OCH3 is 2. The molecule has 12 atom stereocenters. The number of thioether (sulfide) groups is 1. The minimum Gasteiger partial charge on any atom is -0.497 e. The molecule has 4 heterocycles. The van der Waals surface area contributed by atoms with Crippen molar-refractivity contribution in [3.05, 3.63) is 195 Å². The second-order valence-electron chi connectivity index (χ2n) is 18.7. The quantitative estimate of drug-likeness (QED) is 0.0402. The van der Waals surface area contributed by atoms with Crippen LogP contribution in [-0.4, -0.2) is 117 Å². The van der Waals surface area contributed by atoms with Crippen LogP contribution >= 0.6 is 35.0 Å². The van der Waals surface area contributed by atoms with Crippen molar-refractivity contribution in [2.45, 2.75) is 93.2 Å². The minimum atomic E-state index is -1.43. The van der Waals surface area contributed by atoms with Crippen LogP contribution in [0.1, 0.15) is 62.5 Å². The van der Waals surface area contributed by atoms with Crippen molar-refractivity contribution in [3.63, 3.8) is 0 Å². The van der Waals surface area contributed by atoms with E-state index in [1.54, 1.807) is 62.8 Å². The Hall–Kier alpha value is -6.06. The topological polar surface area (TPSA) is 165 Å². The Bertz CT molecular complexity index is 2940. The number of fused-ring (bicyclic) bond motifs is 2. The fourth-order valence-electron chi connectivity index (χ4n) is 9.92. The first kappa shape index (κ1) is 55.3. The summed E-state index contributed by atoms with van der Waals surface area (Å²) in [5.74, 6) is -0.563. The molecule has 0 N–H and O–H groups in total. The second-order valence-corrected chi connectivity index (χ2v) is 20.5. The normalized spacial score (nSPS) is 26.1. The van der Waals surface area contributed by atoms with E-state index >= 15 is 9.59 Å². The number of amides is 2. The number of esters is 1. The maximum Gasteiger partial charge on any atom is 0.303 e. The highest BCUT2D eigenvalue weighted by molar-refractivity contribution is 7.99. The number of ether oxygens (including phenoxy) is 12. The summed E-state index contributed by atoms with van der Waals surface area (Å²) in [5.41, 5.74) is 2.15. The van der Waals surface area contributed by atoms with E-state index in [1.807, 2.05) is 97.3 Å². The summed E-state index contributed by atoms with van der Waals surface area (Å²) >= 11 is 14.4. The Morgan fingerprint density at radius 2 is 1.24 bits per heavy atom. The minimum absolute atomic E-state index is 0.0182. The van der Waals surface area contributed by atoms with Crippen LogP contribution in [-0.2, 0) is 60.6 Å². The number of hydrogen-bond donors (Lipinski definition) is 0. The Kier molecular flexibility index (Phi) is 18.0. The van der Waals surface area contributed by atoms with E-state index in [4.69, 9.17) is 80.0 Å². The highest BCUT2D eigenvalue weighted by Crippen LogP contribution is 2.44. The van der Waals surface area contributed by atoms with E-state index in [9.17, 15) is 4.79 Å². The first-order valence-electron chi connectivity index (χ1n) is 25.2. The fourth-order valence-corrected chi connectivity index (χ4v) is 11.0. The highest BCUT2D eigenvalue weighted by Gasteiger charge is 2.58. The van der Waals surface area contributed by atoms with Gasteiger partial charge in [0.05, 0.1) is 61.8 Å². The first-order valence-corrected chi connectivity index (χ1v) is 27.3. The van der Waals surface area contributed by atoms with E-state index in [2.05, 4.69) is 0 Å². The molecule has 0 unspecified atom stereocenters. The van der Waals surface area contributed by atoms with Crippen LogP contribution < -0.4 is 14.2 Å². The number of benzene rings is 6. The average Bonchev–Trinajstić information content (AvgIpc) is 3.89. The Morgan fingerprint density at radius 3 is 1.83 bits per heavy atom. The van der Waals surface area contributed by atoms with Crippen molar-refractivity contribution in [1.82, 2.24) is 4.90 Å². The smallest absolute Gasteiger partial charge is 0.303 e. The predicted octanol–water partition coefficient (Wildman–Crippen LogP) is 10.2. The molecule has 408 valence electrons. The van der Waals surface area contributed by atoms with Crippen molar-refractivity contribution in [2.75, 3.05) is 33.7 Å². The molecule has 2 amide bonds. The Balaban J connectivity index is 1.10. The molecule has 6 aromatic carbocycles. The molecule has 0 bridgehead atoms. The van der Waals surface area contributed by atoms with Crippen LogP contribution in [0.25, 0.3) is 0 Å². The number of hydrogen-bond acceptors (Lipinski definition) is 16. The second kappa shape index (κ2) is 25.4. The zero-order chi connectivity index (χ0) is 54.3. The molecule has 3 fully saturated rings. The molecular weight excluding hydrogens is 1070 g/mol. The summed E-state index contributed by atoms with van der Waals surface area (Å²) in [6, 6.07) is 43.6. The third-order valence-corrected chi connectivity index (χ3v) is 15.3. The van der Waals surface area contributed by atoms with Gasteiger partial charge in [-0.1, -0.05) is 126 Å². The highest BCUT2D eigenvalue weighted by atomic mass is 35.5. The summed E-state index contributed by atoms with van der Waals surface area (Å²) < 4.78 is 78.8. The zero-order valence-electron chi connectivity index (χ0n) is 42.9. The van der Waals surface area contributed by atoms with Crippen LogP contribution in [0.15, 0.2) is 152 Å². The third-order valence-electron chi connectivity index (χ3n) is 13.7. The zero-order valence-corrected chi connectivity index (χ0v) is 45.3. The molecule has 4 aliphatic heterocycles.